The maximum atomic E-state index is 12.7. The van der Waals surface area contributed by atoms with E-state index in [2.05, 4.69) is 22.1 Å². The van der Waals surface area contributed by atoms with E-state index < -0.39 is 11.3 Å². The molecule has 0 fully saturated rings. The molecule has 0 aliphatic heterocycles. The minimum atomic E-state index is -0.521. The van der Waals surface area contributed by atoms with Crippen LogP contribution in [0.2, 0.25) is 0 Å². The second-order valence-electron chi connectivity index (χ2n) is 6.45. The first kappa shape index (κ1) is 20.0. The monoisotopic (exact) mass is 390 g/mol. The van der Waals surface area contributed by atoms with Crippen LogP contribution in [0, 0.1) is 11.8 Å². The van der Waals surface area contributed by atoms with Crippen LogP contribution >= 0.6 is 0 Å². The van der Waals surface area contributed by atoms with Crippen molar-refractivity contribution in [1.29, 1.82) is 0 Å². The van der Waals surface area contributed by atoms with Crippen molar-refractivity contribution >= 4 is 22.8 Å². The molecule has 0 aliphatic rings. The molecule has 0 saturated carbocycles. The number of nitrogen functional groups attached to an aromatic ring is 1. The SMILES string of the molecule is CCn1c(N)c(C(=O)NC)c(=O)c2ccc(C#CCCc3cccc(O)c3)nc21. The van der Waals surface area contributed by atoms with E-state index >= 15 is 0 Å². The number of aryl methyl sites for hydroxylation is 2. The molecule has 0 spiro atoms. The summed E-state index contributed by atoms with van der Waals surface area (Å²) in [6.07, 6.45) is 1.30. The molecular formula is C22H22N4O3. The van der Waals surface area contributed by atoms with Gasteiger partial charge in [-0.2, -0.15) is 0 Å². The molecule has 4 N–H and O–H groups in total. The molecule has 7 heteroatoms. The summed E-state index contributed by atoms with van der Waals surface area (Å²) >= 11 is 0. The van der Waals surface area contributed by atoms with E-state index in [1.54, 1.807) is 34.9 Å². The normalized spacial score (nSPS) is 10.4. The second kappa shape index (κ2) is 8.48. The zero-order valence-electron chi connectivity index (χ0n) is 16.3. The van der Waals surface area contributed by atoms with Crippen molar-refractivity contribution in [2.24, 2.45) is 0 Å². The zero-order chi connectivity index (χ0) is 21.0. The zero-order valence-corrected chi connectivity index (χ0v) is 16.3. The summed E-state index contributed by atoms with van der Waals surface area (Å²) in [4.78, 5) is 29.3. The van der Waals surface area contributed by atoms with Gasteiger partial charge in [-0.15, -0.1) is 0 Å². The van der Waals surface area contributed by atoms with Crippen molar-refractivity contribution in [3.05, 3.63) is 63.4 Å². The number of nitrogens with one attached hydrogen (secondary N) is 1. The number of hydrogen-bond donors (Lipinski definition) is 3. The molecule has 2 aromatic heterocycles. The molecule has 0 unspecified atom stereocenters. The van der Waals surface area contributed by atoms with Gasteiger partial charge >= 0.3 is 0 Å². The number of hydrogen-bond acceptors (Lipinski definition) is 5. The number of benzene rings is 1. The number of carbonyl (C=O) groups excluding carboxylic acids is 1. The minimum absolute atomic E-state index is 0.0754. The van der Waals surface area contributed by atoms with Crippen molar-refractivity contribution < 1.29 is 9.90 Å². The number of fused-ring (bicyclic) bond motifs is 1. The quantitative estimate of drug-likeness (QED) is 0.591. The lowest BCUT2D eigenvalue weighted by Crippen LogP contribution is -2.30. The van der Waals surface area contributed by atoms with Crippen LogP contribution in [-0.2, 0) is 13.0 Å². The molecular weight excluding hydrogens is 368 g/mol. The molecule has 3 rings (SSSR count). The number of rotatable bonds is 4. The third-order valence-electron chi connectivity index (χ3n) is 4.59. The van der Waals surface area contributed by atoms with E-state index in [0.29, 0.717) is 36.1 Å². The van der Waals surface area contributed by atoms with Crippen molar-refractivity contribution in [3.63, 3.8) is 0 Å². The van der Waals surface area contributed by atoms with Gasteiger partial charge in [0.25, 0.3) is 5.91 Å². The van der Waals surface area contributed by atoms with Crippen LogP contribution in [0.5, 0.6) is 5.75 Å². The van der Waals surface area contributed by atoms with Gasteiger partial charge in [-0.05, 0) is 49.1 Å². The van der Waals surface area contributed by atoms with Crippen molar-refractivity contribution in [2.45, 2.75) is 26.3 Å². The van der Waals surface area contributed by atoms with Crippen molar-refractivity contribution in [3.8, 4) is 17.6 Å². The van der Waals surface area contributed by atoms with E-state index in [4.69, 9.17) is 5.73 Å². The Balaban J connectivity index is 1.94. The van der Waals surface area contributed by atoms with Crippen LogP contribution in [0.3, 0.4) is 0 Å². The van der Waals surface area contributed by atoms with Gasteiger partial charge in [0, 0.05) is 20.0 Å². The molecule has 3 aromatic rings. The molecule has 1 amide bonds. The largest absolute Gasteiger partial charge is 0.508 e. The predicted octanol–water partition coefficient (Wildman–Crippen LogP) is 2.05. The Morgan fingerprint density at radius 2 is 2.10 bits per heavy atom. The van der Waals surface area contributed by atoms with Crippen LogP contribution < -0.4 is 16.5 Å². The standard InChI is InChI=1S/C22H22N4O3/c1-3-26-20(23)18(22(29)24-2)19(28)17-12-11-15(25-21(17)26)9-5-4-7-14-8-6-10-16(27)13-14/h6,8,10-13,27H,3-4,7,23H2,1-2H3,(H,24,29). The Morgan fingerprint density at radius 1 is 1.31 bits per heavy atom. The highest BCUT2D eigenvalue weighted by Crippen LogP contribution is 2.17. The summed E-state index contributed by atoms with van der Waals surface area (Å²) in [6.45, 7) is 2.32. The Bertz CT molecular complexity index is 1200. The highest BCUT2D eigenvalue weighted by molar-refractivity contribution is 6.01. The van der Waals surface area contributed by atoms with Crippen LogP contribution in [0.4, 0.5) is 5.82 Å². The molecule has 0 bridgehead atoms. The highest BCUT2D eigenvalue weighted by Gasteiger charge is 2.20. The first-order valence-corrected chi connectivity index (χ1v) is 9.28. The maximum absolute atomic E-state index is 12.7. The van der Waals surface area contributed by atoms with Crippen molar-refractivity contribution in [2.75, 3.05) is 12.8 Å². The average molecular weight is 390 g/mol. The number of anilines is 1. The molecule has 0 radical (unpaired) electrons. The Morgan fingerprint density at radius 3 is 2.79 bits per heavy atom. The highest BCUT2D eigenvalue weighted by atomic mass is 16.3. The van der Waals surface area contributed by atoms with E-state index in [1.165, 1.54) is 7.05 Å². The summed E-state index contributed by atoms with van der Waals surface area (Å²) < 4.78 is 1.64. The van der Waals surface area contributed by atoms with E-state index in [0.717, 1.165) is 5.56 Å². The Kier molecular flexibility index (Phi) is 5.84. The molecule has 7 nitrogen and oxygen atoms in total. The third-order valence-corrected chi connectivity index (χ3v) is 4.59. The van der Waals surface area contributed by atoms with Crippen molar-refractivity contribution in [1.82, 2.24) is 14.9 Å². The summed E-state index contributed by atoms with van der Waals surface area (Å²) in [5, 5.41) is 12.3. The fourth-order valence-electron chi connectivity index (χ4n) is 3.14. The molecule has 0 aliphatic carbocycles. The smallest absolute Gasteiger partial charge is 0.258 e. The van der Waals surface area contributed by atoms with E-state index in [9.17, 15) is 14.7 Å². The van der Waals surface area contributed by atoms with Gasteiger partial charge in [0.15, 0.2) is 0 Å². The number of aromatic nitrogens is 2. The lowest BCUT2D eigenvalue weighted by atomic mass is 10.1. The summed E-state index contributed by atoms with van der Waals surface area (Å²) in [5.74, 6) is 5.87. The van der Waals surface area contributed by atoms with Crippen LogP contribution in [-0.4, -0.2) is 27.6 Å². The number of aromatic hydroxyl groups is 1. The second-order valence-corrected chi connectivity index (χ2v) is 6.45. The van der Waals surface area contributed by atoms with Gasteiger partial charge in [-0.3, -0.25) is 9.59 Å². The first-order chi connectivity index (χ1) is 14.0. The van der Waals surface area contributed by atoms with Gasteiger partial charge in [0.05, 0.1) is 5.39 Å². The number of pyridine rings is 2. The van der Waals surface area contributed by atoms with E-state index in [1.807, 2.05) is 13.0 Å². The number of phenols is 1. The van der Waals surface area contributed by atoms with Gasteiger partial charge in [-0.25, -0.2) is 4.98 Å². The topological polar surface area (TPSA) is 110 Å². The van der Waals surface area contributed by atoms with Gasteiger partial charge in [0.1, 0.15) is 28.5 Å². The van der Waals surface area contributed by atoms with Crippen LogP contribution in [0.15, 0.2) is 41.2 Å². The molecule has 29 heavy (non-hydrogen) atoms. The maximum Gasteiger partial charge on any atom is 0.258 e. The molecule has 148 valence electrons. The number of amides is 1. The Hall–Kier alpha value is -3.79. The van der Waals surface area contributed by atoms with Crippen LogP contribution in [0.1, 0.15) is 35.0 Å². The van der Waals surface area contributed by atoms with Gasteiger partial charge in [-0.1, -0.05) is 18.1 Å². The van der Waals surface area contributed by atoms with E-state index in [-0.39, 0.29) is 17.1 Å². The number of carbonyl (C=O) groups is 1. The summed E-state index contributed by atoms with van der Waals surface area (Å²) in [5.41, 5.74) is 7.49. The Labute approximate surface area is 168 Å². The lowest BCUT2D eigenvalue weighted by molar-refractivity contribution is 0.0962. The number of phenolic OH excluding ortho intramolecular Hbond substituents is 1. The third kappa shape index (κ3) is 4.06. The average Bonchev–Trinajstić information content (AvgIpc) is 2.71. The first-order valence-electron chi connectivity index (χ1n) is 9.28. The summed E-state index contributed by atoms with van der Waals surface area (Å²) in [6, 6.07) is 10.4. The molecule has 2 heterocycles. The van der Waals surface area contributed by atoms with Gasteiger partial charge in [0.2, 0.25) is 5.43 Å². The lowest BCUT2D eigenvalue weighted by Gasteiger charge is -2.14. The summed E-state index contributed by atoms with van der Waals surface area (Å²) in [7, 11) is 1.45. The van der Waals surface area contributed by atoms with Crippen LogP contribution in [0.25, 0.3) is 11.0 Å². The minimum Gasteiger partial charge on any atom is -0.508 e. The predicted molar refractivity (Wildman–Crippen MR) is 113 cm³/mol. The van der Waals surface area contributed by atoms with Gasteiger partial charge < -0.3 is 20.7 Å². The number of nitrogens with zero attached hydrogens (tertiary/aromatic N) is 2. The molecule has 0 atom stereocenters. The number of nitrogens with two attached hydrogens (primary N) is 1. The molecule has 0 saturated heterocycles. The fourth-order valence-corrected chi connectivity index (χ4v) is 3.14. The fraction of sp³-hybridized carbons (Fsp3) is 0.227. The molecule has 1 aromatic carbocycles.